The molecule has 0 atom stereocenters. The van der Waals surface area contributed by atoms with Crippen LogP contribution in [0.2, 0.25) is 0 Å². The Morgan fingerprint density at radius 1 is 1.21 bits per heavy atom. The fraction of sp³-hybridized carbons (Fsp3) is 0.455. The molecule has 2 aliphatic heterocycles. The minimum absolute atomic E-state index is 0.399. The minimum Gasteiger partial charge on any atom is -0.491 e. The number of hydrogen-bond donors (Lipinski definition) is 2. The first-order valence-corrected chi connectivity index (χ1v) is 9.80. The van der Waals surface area contributed by atoms with Crippen molar-refractivity contribution in [3.8, 4) is 5.75 Å². The van der Waals surface area contributed by atoms with Crippen LogP contribution >= 0.6 is 0 Å². The lowest BCUT2D eigenvalue weighted by atomic mass is 9.95. The fourth-order valence-corrected chi connectivity index (χ4v) is 3.89. The summed E-state index contributed by atoms with van der Waals surface area (Å²) in [4.78, 5) is 11.0. The second-order valence-electron chi connectivity index (χ2n) is 7.37. The summed E-state index contributed by atoms with van der Waals surface area (Å²) in [7, 11) is 1.88. The lowest BCUT2D eigenvalue weighted by Crippen LogP contribution is -2.17. The largest absolute Gasteiger partial charge is 0.491 e. The number of aromatic nitrogens is 2. The maximum Gasteiger partial charge on any atom is 0.148 e. The van der Waals surface area contributed by atoms with Crippen molar-refractivity contribution < 1.29 is 8.85 Å². The molecule has 2 N–H and O–H groups in total. The van der Waals surface area contributed by atoms with Crippen molar-refractivity contribution in [3.05, 3.63) is 40.7 Å². The number of hydrogen-bond acceptors (Lipinski definition) is 6. The van der Waals surface area contributed by atoms with Crippen LogP contribution in [-0.4, -0.2) is 48.6 Å². The smallest absolute Gasteiger partial charge is 0.148 e. The van der Waals surface area contributed by atoms with Gasteiger partial charge in [0, 0.05) is 52.7 Å². The van der Waals surface area contributed by atoms with Crippen molar-refractivity contribution in [2.24, 2.45) is 0 Å². The molecule has 6 nitrogen and oxygen atoms in total. The van der Waals surface area contributed by atoms with Crippen LogP contribution in [0.5, 0.6) is 5.75 Å². The van der Waals surface area contributed by atoms with Crippen molar-refractivity contribution >= 4 is 22.9 Å². The van der Waals surface area contributed by atoms with E-state index in [1.54, 1.807) is 4.90 Å². The quantitative estimate of drug-likeness (QED) is 0.836. The summed E-state index contributed by atoms with van der Waals surface area (Å²) < 4.78 is 29.2. The lowest BCUT2D eigenvalue weighted by Gasteiger charge is -2.18. The molecule has 0 fully saturated rings. The van der Waals surface area contributed by atoms with Gasteiger partial charge in [0.15, 0.2) is 0 Å². The average Bonchev–Trinajstić information content (AvgIpc) is 3.01. The Balaban J connectivity index is 1.73. The standard InChI is InChI=1S/C22H29N5O/c1-14-12-17(23-3)13-19(24-14)26-22-15(2)20(21-18(25-22)8-11-28-21)16-6-5-9-27(4)10-7-16/h7,12-13H,5-6,8-11H2,1-4H3,(H2,23,24,25,26)/i4D3. The van der Waals surface area contributed by atoms with Crippen LogP contribution in [0.1, 0.15) is 39.5 Å². The normalized spacial score (nSPS) is 18.8. The third kappa shape index (κ3) is 3.69. The number of nitrogens with one attached hydrogen (secondary N) is 2. The summed E-state index contributed by atoms with van der Waals surface area (Å²) in [5.41, 5.74) is 5.98. The molecular weight excluding hydrogens is 350 g/mol. The number of ether oxygens (including phenoxy) is 1. The second-order valence-corrected chi connectivity index (χ2v) is 7.37. The van der Waals surface area contributed by atoms with Crippen LogP contribution in [0.25, 0.3) is 5.57 Å². The Morgan fingerprint density at radius 3 is 2.93 bits per heavy atom. The van der Waals surface area contributed by atoms with Gasteiger partial charge in [0.1, 0.15) is 17.4 Å². The van der Waals surface area contributed by atoms with Gasteiger partial charge in [0.05, 0.1) is 12.3 Å². The summed E-state index contributed by atoms with van der Waals surface area (Å²) in [5, 5.41) is 6.56. The van der Waals surface area contributed by atoms with Crippen molar-refractivity contribution in [3.63, 3.8) is 0 Å². The van der Waals surface area contributed by atoms with E-state index in [0.29, 0.717) is 19.7 Å². The highest BCUT2D eigenvalue weighted by Gasteiger charge is 2.25. The van der Waals surface area contributed by atoms with Gasteiger partial charge in [-0.05, 0) is 51.8 Å². The molecule has 0 aromatic carbocycles. The van der Waals surface area contributed by atoms with Crippen LogP contribution in [0, 0.1) is 13.8 Å². The topological polar surface area (TPSA) is 62.3 Å². The van der Waals surface area contributed by atoms with E-state index in [4.69, 9.17) is 13.8 Å². The number of rotatable bonds is 4. The summed E-state index contributed by atoms with van der Waals surface area (Å²) in [6.07, 6.45) is 4.39. The van der Waals surface area contributed by atoms with Gasteiger partial charge in [-0.1, -0.05) is 6.08 Å². The first-order valence-electron chi connectivity index (χ1n) is 11.3. The molecule has 2 aromatic heterocycles. The number of allylic oxidation sites excluding steroid dienone is 1. The summed E-state index contributed by atoms with van der Waals surface area (Å²) >= 11 is 0. The fourth-order valence-electron chi connectivity index (χ4n) is 3.89. The number of nitrogens with zero attached hydrogens (tertiary/aromatic N) is 3. The molecular formula is C22H29N5O. The van der Waals surface area contributed by atoms with Gasteiger partial charge in [-0.25, -0.2) is 9.97 Å². The zero-order chi connectivity index (χ0) is 22.2. The maximum atomic E-state index is 7.74. The molecule has 0 saturated carbocycles. The SMILES string of the molecule is [2H]C([2H])([2H])N1CC=C(c2c(C)c(Nc3cc(NC)cc(C)n3)nc3c2OCC3)CCC1. The zero-order valence-electron chi connectivity index (χ0n) is 19.7. The number of likely N-dealkylation sites (N-methyl/N-ethyl adjacent to an activating group) is 1. The van der Waals surface area contributed by atoms with Gasteiger partial charge in [0.2, 0.25) is 0 Å². The Kier molecular flexibility index (Phi) is 4.27. The molecule has 0 spiro atoms. The van der Waals surface area contributed by atoms with Gasteiger partial charge in [0.25, 0.3) is 0 Å². The summed E-state index contributed by atoms with van der Waals surface area (Å²) in [5.74, 6) is 2.33. The molecule has 0 aliphatic carbocycles. The predicted octanol–water partition coefficient (Wildman–Crippen LogP) is 3.92. The van der Waals surface area contributed by atoms with E-state index in [1.807, 2.05) is 39.1 Å². The highest BCUT2D eigenvalue weighted by molar-refractivity contribution is 5.79. The Labute approximate surface area is 171 Å². The number of aryl methyl sites for hydroxylation is 1. The molecule has 0 saturated heterocycles. The maximum absolute atomic E-state index is 7.74. The van der Waals surface area contributed by atoms with Crippen molar-refractivity contribution in [1.82, 2.24) is 14.9 Å². The van der Waals surface area contributed by atoms with E-state index < -0.39 is 6.98 Å². The van der Waals surface area contributed by atoms with E-state index in [-0.39, 0.29) is 0 Å². The molecule has 148 valence electrons. The second kappa shape index (κ2) is 7.80. The first-order chi connectivity index (χ1) is 14.8. The monoisotopic (exact) mass is 382 g/mol. The van der Waals surface area contributed by atoms with Crippen LogP contribution in [0.3, 0.4) is 0 Å². The molecule has 0 amide bonds. The number of pyridine rings is 2. The number of anilines is 3. The van der Waals surface area contributed by atoms with Gasteiger partial charge < -0.3 is 20.3 Å². The third-order valence-electron chi connectivity index (χ3n) is 5.29. The van der Waals surface area contributed by atoms with Crippen molar-refractivity contribution in [1.29, 1.82) is 0 Å². The minimum atomic E-state index is -2.08. The third-order valence-corrected chi connectivity index (χ3v) is 5.29. The van der Waals surface area contributed by atoms with Gasteiger partial charge >= 0.3 is 0 Å². The molecule has 0 radical (unpaired) electrons. The van der Waals surface area contributed by atoms with Gasteiger partial charge in [-0.2, -0.15) is 0 Å². The molecule has 0 unspecified atom stereocenters. The van der Waals surface area contributed by atoms with E-state index in [1.165, 1.54) is 0 Å². The van der Waals surface area contributed by atoms with Gasteiger partial charge in [-0.3, -0.25) is 0 Å². The highest BCUT2D eigenvalue weighted by atomic mass is 16.5. The lowest BCUT2D eigenvalue weighted by molar-refractivity contribution is 0.355. The van der Waals surface area contributed by atoms with E-state index >= 15 is 0 Å². The molecule has 4 rings (SSSR count). The number of fused-ring (bicyclic) bond motifs is 1. The highest BCUT2D eigenvalue weighted by Crippen LogP contribution is 2.41. The zero-order valence-corrected chi connectivity index (χ0v) is 16.7. The van der Waals surface area contributed by atoms with Crippen LogP contribution in [-0.2, 0) is 6.42 Å². The summed E-state index contributed by atoms with van der Waals surface area (Å²) in [6.45, 7) is 3.48. The van der Waals surface area contributed by atoms with Crippen LogP contribution in [0.4, 0.5) is 17.3 Å². The molecule has 2 aromatic rings. The Hall–Kier alpha value is -2.60. The Morgan fingerprint density at radius 2 is 2.11 bits per heavy atom. The van der Waals surface area contributed by atoms with E-state index in [9.17, 15) is 0 Å². The van der Waals surface area contributed by atoms with E-state index in [2.05, 4.69) is 15.6 Å². The molecule has 2 aliphatic rings. The first kappa shape index (κ1) is 15.3. The Bertz CT molecular complexity index is 1020. The molecule has 4 heterocycles. The molecule has 28 heavy (non-hydrogen) atoms. The van der Waals surface area contributed by atoms with Gasteiger partial charge in [-0.15, -0.1) is 0 Å². The van der Waals surface area contributed by atoms with Crippen LogP contribution < -0.4 is 15.4 Å². The predicted molar refractivity (Wildman–Crippen MR) is 115 cm³/mol. The van der Waals surface area contributed by atoms with Crippen molar-refractivity contribution in [2.75, 3.05) is 44.4 Å². The van der Waals surface area contributed by atoms with Crippen molar-refractivity contribution in [2.45, 2.75) is 33.1 Å². The van der Waals surface area contributed by atoms with E-state index in [0.717, 1.165) is 70.4 Å². The molecule has 6 heteroatoms. The average molecular weight is 383 g/mol. The molecule has 0 bridgehead atoms. The summed E-state index contributed by atoms with van der Waals surface area (Å²) in [6, 6.07) is 3.94. The van der Waals surface area contributed by atoms with Crippen LogP contribution in [0.15, 0.2) is 18.2 Å².